The Kier molecular flexibility index (Phi) is 3.69. The van der Waals surface area contributed by atoms with Gasteiger partial charge in [0.25, 0.3) is 5.91 Å². The first kappa shape index (κ1) is 14.0. The smallest absolute Gasteiger partial charge is 0.261 e. The quantitative estimate of drug-likeness (QED) is 0.846. The Balaban J connectivity index is 2.35. The van der Waals surface area contributed by atoms with Gasteiger partial charge >= 0.3 is 0 Å². The van der Waals surface area contributed by atoms with Crippen molar-refractivity contribution in [3.05, 3.63) is 41.2 Å². The van der Waals surface area contributed by atoms with Crippen molar-refractivity contribution in [3.8, 4) is 0 Å². The average Bonchev–Trinajstić information content (AvgIpc) is 2.74. The first-order valence-corrected chi connectivity index (χ1v) is 6.01. The van der Waals surface area contributed by atoms with Gasteiger partial charge in [0.2, 0.25) is 0 Å². The minimum atomic E-state index is -1.07. The van der Waals surface area contributed by atoms with E-state index < -0.39 is 23.1 Å². The normalized spacial score (nSPS) is 10.6. The third-order valence-corrected chi connectivity index (χ3v) is 2.84. The molecule has 0 saturated carbocycles. The Labute approximate surface area is 114 Å². The molecule has 20 heavy (non-hydrogen) atoms. The number of hydrogen-bond donors (Lipinski definition) is 2. The molecule has 3 N–H and O–H groups in total. The van der Waals surface area contributed by atoms with Gasteiger partial charge in [-0.05, 0) is 18.6 Å². The molecule has 0 aliphatic heterocycles. The predicted molar refractivity (Wildman–Crippen MR) is 71.3 cm³/mol. The average molecular weight is 280 g/mol. The minimum Gasteiger partial charge on any atom is -0.396 e. The summed E-state index contributed by atoms with van der Waals surface area (Å²) in [6.07, 6.45) is 2.15. The third-order valence-electron chi connectivity index (χ3n) is 2.84. The van der Waals surface area contributed by atoms with Gasteiger partial charge < -0.3 is 11.1 Å². The molecule has 0 unspecified atom stereocenters. The number of anilines is 2. The van der Waals surface area contributed by atoms with Crippen molar-refractivity contribution in [1.82, 2.24) is 9.78 Å². The second-order valence-electron chi connectivity index (χ2n) is 4.30. The number of aryl methyl sites for hydroxylation is 2. The molecule has 1 aromatic carbocycles. The van der Waals surface area contributed by atoms with Crippen molar-refractivity contribution in [2.45, 2.75) is 13.3 Å². The van der Waals surface area contributed by atoms with E-state index in [-0.39, 0.29) is 5.69 Å². The molecule has 0 aliphatic carbocycles. The van der Waals surface area contributed by atoms with Crippen molar-refractivity contribution in [2.75, 3.05) is 11.1 Å². The Bertz CT molecular complexity index is 667. The molecule has 1 heterocycles. The van der Waals surface area contributed by atoms with E-state index in [1.54, 1.807) is 13.2 Å². The number of aromatic nitrogens is 2. The van der Waals surface area contributed by atoms with E-state index in [0.29, 0.717) is 17.8 Å². The third kappa shape index (κ3) is 2.47. The van der Waals surface area contributed by atoms with Crippen LogP contribution in [0.25, 0.3) is 0 Å². The van der Waals surface area contributed by atoms with Gasteiger partial charge in [-0.25, -0.2) is 8.78 Å². The number of nitrogens with one attached hydrogen (secondary N) is 1. The Morgan fingerprint density at radius 3 is 2.80 bits per heavy atom. The van der Waals surface area contributed by atoms with E-state index in [4.69, 9.17) is 5.73 Å². The molecule has 0 bridgehead atoms. The number of halogens is 2. The lowest BCUT2D eigenvalue weighted by Gasteiger charge is -2.08. The lowest BCUT2D eigenvalue weighted by Crippen LogP contribution is -2.17. The molecule has 106 valence electrons. The van der Waals surface area contributed by atoms with Gasteiger partial charge in [0.15, 0.2) is 5.82 Å². The van der Waals surface area contributed by atoms with E-state index >= 15 is 0 Å². The van der Waals surface area contributed by atoms with Crippen LogP contribution in [0.1, 0.15) is 23.0 Å². The molecule has 0 atom stereocenters. The fourth-order valence-electron chi connectivity index (χ4n) is 1.86. The largest absolute Gasteiger partial charge is 0.396 e. The van der Waals surface area contributed by atoms with E-state index in [9.17, 15) is 13.6 Å². The topological polar surface area (TPSA) is 72.9 Å². The maximum Gasteiger partial charge on any atom is 0.261 e. The number of benzene rings is 1. The molecule has 1 aromatic heterocycles. The minimum absolute atomic E-state index is 0.279. The highest BCUT2D eigenvalue weighted by Gasteiger charge is 2.21. The van der Waals surface area contributed by atoms with Crippen molar-refractivity contribution < 1.29 is 13.6 Å². The van der Waals surface area contributed by atoms with Crippen LogP contribution >= 0.6 is 0 Å². The van der Waals surface area contributed by atoms with Gasteiger partial charge in [0, 0.05) is 13.2 Å². The zero-order valence-corrected chi connectivity index (χ0v) is 11.1. The van der Waals surface area contributed by atoms with Crippen LogP contribution in [0, 0.1) is 11.6 Å². The van der Waals surface area contributed by atoms with Crippen LogP contribution in [0.3, 0.4) is 0 Å². The van der Waals surface area contributed by atoms with Gasteiger partial charge in [-0.3, -0.25) is 9.48 Å². The van der Waals surface area contributed by atoms with Crippen molar-refractivity contribution in [3.63, 3.8) is 0 Å². The fourth-order valence-corrected chi connectivity index (χ4v) is 1.86. The van der Waals surface area contributed by atoms with Crippen molar-refractivity contribution in [2.24, 2.45) is 7.05 Å². The summed E-state index contributed by atoms with van der Waals surface area (Å²) in [5, 5.41) is 6.58. The van der Waals surface area contributed by atoms with Crippen LogP contribution in [-0.4, -0.2) is 15.7 Å². The highest BCUT2D eigenvalue weighted by molar-refractivity contribution is 6.05. The van der Waals surface area contributed by atoms with Gasteiger partial charge in [0.1, 0.15) is 11.4 Å². The summed E-state index contributed by atoms with van der Waals surface area (Å²) in [6.45, 7) is 1.86. The van der Waals surface area contributed by atoms with E-state index in [1.807, 2.05) is 6.92 Å². The van der Waals surface area contributed by atoms with Gasteiger partial charge in [-0.2, -0.15) is 5.10 Å². The molecule has 5 nitrogen and oxygen atoms in total. The van der Waals surface area contributed by atoms with Crippen LogP contribution in [0.15, 0.2) is 18.3 Å². The van der Waals surface area contributed by atoms with Gasteiger partial charge in [0.05, 0.1) is 17.1 Å². The van der Waals surface area contributed by atoms with Crippen LogP contribution in [0.4, 0.5) is 20.2 Å². The molecule has 0 radical (unpaired) electrons. The standard InChI is InChI=1S/C13H14F2N4O/c1-3-9-10(6-19(2)18-9)17-13(20)11-7(14)4-5-8(16)12(11)15/h4-6H,3,16H2,1-2H3,(H,17,20). The molecule has 7 heteroatoms. The van der Waals surface area contributed by atoms with Crippen LogP contribution in [0.2, 0.25) is 0 Å². The molecule has 2 rings (SSSR count). The molecule has 0 spiro atoms. The first-order chi connectivity index (χ1) is 9.43. The summed E-state index contributed by atoms with van der Waals surface area (Å²) in [5.41, 5.74) is 5.41. The number of hydrogen-bond acceptors (Lipinski definition) is 3. The van der Waals surface area contributed by atoms with Crippen molar-refractivity contribution in [1.29, 1.82) is 0 Å². The molecule has 0 fully saturated rings. The zero-order chi connectivity index (χ0) is 14.9. The molecule has 0 saturated heterocycles. The number of nitrogens with two attached hydrogens (primary N) is 1. The highest BCUT2D eigenvalue weighted by atomic mass is 19.1. The predicted octanol–water partition coefficient (Wildman–Crippen LogP) is 2.10. The summed E-state index contributed by atoms with van der Waals surface area (Å²) in [4.78, 5) is 12.0. The van der Waals surface area contributed by atoms with Gasteiger partial charge in [-0.1, -0.05) is 6.92 Å². The molecule has 1 amide bonds. The summed E-state index contributed by atoms with van der Waals surface area (Å²) < 4.78 is 28.9. The van der Waals surface area contributed by atoms with Crippen molar-refractivity contribution >= 4 is 17.3 Å². The number of rotatable bonds is 3. The first-order valence-electron chi connectivity index (χ1n) is 6.01. The number of carbonyl (C=O) groups is 1. The lowest BCUT2D eigenvalue weighted by molar-refractivity contribution is 0.101. The fraction of sp³-hybridized carbons (Fsp3) is 0.231. The van der Waals surface area contributed by atoms with Crippen LogP contribution < -0.4 is 11.1 Å². The SMILES string of the molecule is CCc1nn(C)cc1NC(=O)c1c(F)ccc(N)c1F. The monoisotopic (exact) mass is 280 g/mol. The van der Waals surface area contributed by atoms with Gasteiger partial charge in [-0.15, -0.1) is 0 Å². The highest BCUT2D eigenvalue weighted by Crippen LogP contribution is 2.21. The Morgan fingerprint density at radius 1 is 1.45 bits per heavy atom. The number of amides is 1. The summed E-state index contributed by atoms with van der Waals surface area (Å²) in [7, 11) is 1.69. The maximum atomic E-state index is 13.8. The van der Waals surface area contributed by atoms with Crippen LogP contribution in [0.5, 0.6) is 0 Å². The lowest BCUT2D eigenvalue weighted by atomic mass is 10.1. The van der Waals surface area contributed by atoms with E-state index in [0.717, 1.165) is 12.1 Å². The summed E-state index contributed by atoms with van der Waals surface area (Å²) in [5.74, 6) is -2.92. The van der Waals surface area contributed by atoms with E-state index in [2.05, 4.69) is 10.4 Å². The second-order valence-corrected chi connectivity index (χ2v) is 4.30. The Hall–Kier alpha value is -2.44. The molecule has 0 aliphatic rings. The second kappa shape index (κ2) is 5.28. The number of carbonyl (C=O) groups excluding carboxylic acids is 1. The molecular weight excluding hydrogens is 266 g/mol. The molecule has 2 aromatic rings. The van der Waals surface area contributed by atoms with Crippen LogP contribution in [-0.2, 0) is 13.5 Å². The zero-order valence-electron chi connectivity index (χ0n) is 11.1. The Morgan fingerprint density at radius 2 is 2.15 bits per heavy atom. The van der Waals surface area contributed by atoms with E-state index in [1.165, 1.54) is 4.68 Å². The maximum absolute atomic E-state index is 13.8. The molecular formula is C13H14F2N4O. The number of nitrogens with zero attached hydrogens (tertiary/aromatic N) is 2. The summed E-state index contributed by atoms with van der Waals surface area (Å²) >= 11 is 0. The number of nitrogen functional groups attached to an aromatic ring is 1. The summed E-state index contributed by atoms with van der Waals surface area (Å²) in [6, 6.07) is 2.03.